The molecule has 2 aliphatic rings. The van der Waals surface area contributed by atoms with Crippen LogP contribution in [0.2, 0.25) is 0 Å². The number of rotatable bonds is 6. The Balaban J connectivity index is 1.64. The lowest BCUT2D eigenvalue weighted by molar-refractivity contribution is 0.0960. The molecule has 1 amide bonds. The van der Waals surface area contributed by atoms with E-state index in [4.69, 9.17) is 4.74 Å². The van der Waals surface area contributed by atoms with Gasteiger partial charge in [0, 0.05) is 37.5 Å². The number of carbonyl (C=O) groups is 1. The van der Waals surface area contributed by atoms with Crippen molar-refractivity contribution in [1.29, 1.82) is 0 Å². The van der Waals surface area contributed by atoms with Crippen LogP contribution in [-0.2, 0) is 4.74 Å². The molecule has 1 saturated heterocycles. The maximum Gasteiger partial charge on any atom is 0.410 e. The number of nitrogens with one attached hydrogen (secondary N) is 1. The van der Waals surface area contributed by atoms with Crippen LogP contribution in [0.5, 0.6) is 0 Å². The molecular formula is C17H22N2O2. The molecule has 2 fully saturated rings. The van der Waals surface area contributed by atoms with Crippen LogP contribution in [0, 0.1) is 5.92 Å². The van der Waals surface area contributed by atoms with Crippen molar-refractivity contribution >= 4 is 6.09 Å². The molecule has 3 rings (SSSR count). The molecule has 1 saturated carbocycles. The first kappa shape index (κ1) is 14.1. The van der Waals surface area contributed by atoms with Crippen molar-refractivity contribution in [1.82, 2.24) is 10.2 Å². The molecule has 0 bridgehead atoms. The highest BCUT2D eigenvalue weighted by Crippen LogP contribution is 2.45. The summed E-state index contributed by atoms with van der Waals surface area (Å²) in [5.74, 6) is 1.01. The van der Waals surface area contributed by atoms with Crippen molar-refractivity contribution in [2.75, 3.05) is 26.2 Å². The Morgan fingerprint density at radius 1 is 1.38 bits per heavy atom. The molecular weight excluding hydrogens is 264 g/mol. The predicted octanol–water partition coefficient (Wildman–Crippen LogP) is 2.39. The van der Waals surface area contributed by atoms with E-state index >= 15 is 0 Å². The van der Waals surface area contributed by atoms with Crippen molar-refractivity contribution in [3.8, 4) is 0 Å². The SMILES string of the molecule is C=CCOC(=O)N(CC1CNC1)C1CC1c1ccccc1. The van der Waals surface area contributed by atoms with Crippen LogP contribution < -0.4 is 5.32 Å². The van der Waals surface area contributed by atoms with Gasteiger partial charge in [-0.1, -0.05) is 43.0 Å². The molecule has 4 heteroatoms. The molecule has 0 radical (unpaired) electrons. The Labute approximate surface area is 125 Å². The zero-order chi connectivity index (χ0) is 14.7. The molecule has 21 heavy (non-hydrogen) atoms. The molecule has 112 valence electrons. The van der Waals surface area contributed by atoms with E-state index in [-0.39, 0.29) is 18.7 Å². The minimum Gasteiger partial charge on any atom is -0.445 e. The van der Waals surface area contributed by atoms with Gasteiger partial charge < -0.3 is 15.0 Å². The minimum absolute atomic E-state index is 0.203. The van der Waals surface area contributed by atoms with Crippen molar-refractivity contribution < 1.29 is 9.53 Å². The highest BCUT2D eigenvalue weighted by molar-refractivity contribution is 5.69. The largest absolute Gasteiger partial charge is 0.445 e. The molecule has 1 heterocycles. The Bertz CT molecular complexity index is 499. The van der Waals surface area contributed by atoms with Crippen LogP contribution >= 0.6 is 0 Å². The number of amides is 1. The standard InChI is InChI=1S/C17H22N2O2/c1-2-8-21-17(20)19(12-13-10-18-11-13)16-9-15(16)14-6-4-3-5-7-14/h2-7,13,15-16,18H,1,8-12H2. The van der Waals surface area contributed by atoms with Crippen LogP contribution in [0.15, 0.2) is 43.0 Å². The lowest BCUT2D eigenvalue weighted by Crippen LogP contribution is -2.50. The number of hydrogen-bond acceptors (Lipinski definition) is 3. The van der Waals surface area contributed by atoms with Crippen LogP contribution in [-0.4, -0.2) is 43.3 Å². The third-order valence-electron chi connectivity index (χ3n) is 4.26. The van der Waals surface area contributed by atoms with Gasteiger partial charge in [0.05, 0.1) is 0 Å². The smallest absolute Gasteiger partial charge is 0.410 e. The summed E-state index contributed by atoms with van der Waals surface area (Å²) < 4.78 is 5.26. The Morgan fingerprint density at radius 3 is 2.76 bits per heavy atom. The first-order valence-electron chi connectivity index (χ1n) is 7.59. The van der Waals surface area contributed by atoms with Crippen LogP contribution in [0.3, 0.4) is 0 Å². The van der Waals surface area contributed by atoms with Gasteiger partial charge in [0.15, 0.2) is 0 Å². The highest BCUT2D eigenvalue weighted by atomic mass is 16.6. The molecule has 1 aromatic rings. The van der Waals surface area contributed by atoms with E-state index in [1.165, 1.54) is 5.56 Å². The lowest BCUT2D eigenvalue weighted by atomic mass is 10.0. The van der Waals surface area contributed by atoms with Gasteiger partial charge in [0.1, 0.15) is 6.61 Å². The summed E-state index contributed by atoms with van der Waals surface area (Å²) in [5, 5.41) is 3.26. The second-order valence-corrected chi connectivity index (χ2v) is 5.86. The summed E-state index contributed by atoms with van der Waals surface area (Å²) in [6, 6.07) is 10.7. The van der Waals surface area contributed by atoms with Gasteiger partial charge in [-0.15, -0.1) is 0 Å². The average Bonchev–Trinajstić information content (AvgIpc) is 3.25. The fourth-order valence-electron chi connectivity index (χ4n) is 2.90. The maximum atomic E-state index is 12.3. The second kappa shape index (κ2) is 6.31. The molecule has 1 N–H and O–H groups in total. The second-order valence-electron chi connectivity index (χ2n) is 5.86. The van der Waals surface area contributed by atoms with Gasteiger partial charge in [0.25, 0.3) is 0 Å². The molecule has 4 nitrogen and oxygen atoms in total. The van der Waals surface area contributed by atoms with Crippen molar-refractivity contribution in [2.45, 2.75) is 18.4 Å². The van der Waals surface area contributed by atoms with E-state index in [9.17, 15) is 4.79 Å². The summed E-state index contributed by atoms with van der Waals surface area (Å²) in [6.07, 6.45) is 2.45. The quantitative estimate of drug-likeness (QED) is 0.816. The van der Waals surface area contributed by atoms with Gasteiger partial charge in [0.2, 0.25) is 0 Å². The average molecular weight is 286 g/mol. The number of carbonyl (C=O) groups excluding carboxylic acids is 1. The number of ether oxygens (including phenoxy) is 1. The molecule has 1 aliphatic carbocycles. The summed E-state index contributed by atoms with van der Waals surface area (Å²) in [6.45, 7) is 6.65. The Hall–Kier alpha value is -1.81. The van der Waals surface area contributed by atoms with Gasteiger partial charge >= 0.3 is 6.09 Å². The van der Waals surface area contributed by atoms with E-state index in [1.54, 1.807) is 6.08 Å². The van der Waals surface area contributed by atoms with Crippen molar-refractivity contribution in [3.05, 3.63) is 48.6 Å². The first-order chi connectivity index (χ1) is 10.3. The molecule has 2 unspecified atom stereocenters. The summed E-state index contributed by atoms with van der Waals surface area (Å²) in [4.78, 5) is 14.2. The topological polar surface area (TPSA) is 41.6 Å². The van der Waals surface area contributed by atoms with Crippen LogP contribution in [0.1, 0.15) is 17.9 Å². The third kappa shape index (κ3) is 3.27. The number of nitrogens with zero attached hydrogens (tertiary/aromatic N) is 1. The molecule has 0 aromatic heterocycles. The zero-order valence-corrected chi connectivity index (χ0v) is 12.2. The summed E-state index contributed by atoms with van der Waals surface area (Å²) >= 11 is 0. The van der Waals surface area contributed by atoms with Gasteiger partial charge in [-0.25, -0.2) is 4.79 Å². The third-order valence-corrected chi connectivity index (χ3v) is 4.26. The van der Waals surface area contributed by atoms with Gasteiger partial charge in [-0.05, 0) is 12.0 Å². The van der Waals surface area contributed by atoms with E-state index in [1.807, 2.05) is 11.0 Å². The van der Waals surface area contributed by atoms with E-state index in [0.717, 1.165) is 26.1 Å². The molecule has 1 aromatic carbocycles. The Kier molecular flexibility index (Phi) is 4.25. The molecule has 0 spiro atoms. The predicted molar refractivity (Wildman–Crippen MR) is 82.2 cm³/mol. The molecule has 2 atom stereocenters. The van der Waals surface area contributed by atoms with Gasteiger partial charge in [-0.3, -0.25) is 0 Å². The first-order valence-corrected chi connectivity index (χ1v) is 7.59. The number of hydrogen-bond donors (Lipinski definition) is 1. The fraction of sp³-hybridized carbons (Fsp3) is 0.471. The van der Waals surface area contributed by atoms with Crippen LogP contribution in [0.25, 0.3) is 0 Å². The van der Waals surface area contributed by atoms with Crippen LogP contribution in [0.4, 0.5) is 4.79 Å². The van der Waals surface area contributed by atoms with Crippen molar-refractivity contribution in [2.24, 2.45) is 5.92 Å². The normalized spacial score (nSPS) is 24.0. The summed E-state index contributed by atoms with van der Waals surface area (Å²) in [7, 11) is 0. The highest BCUT2D eigenvalue weighted by Gasteiger charge is 2.46. The number of benzene rings is 1. The summed E-state index contributed by atoms with van der Waals surface area (Å²) in [5.41, 5.74) is 1.32. The van der Waals surface area contributed by atoms with Crippen molar-refractivity contribution in [3.63, 3.8) is 0 Å². The van der Waals surface area contributed by atoms with Gasteiger partial charge in [-0.2, -0.15) is 0 Å². The monoisotopic (exact) mass is 286 g/mol. The van der Waals surface area contributed by atoms with E-state index < -0.39 is 0 Å². The Morgan fingerprint density at radius 2 is 2.14 bits per heavy atom. The zero-order valence-electron chi connectivity index (χ0n) is 12.2. The lowest BCUT2D eigenvalue weighted by Gasteiger charge is -2.33. The van der Waals surface area contributed by atoms with E-state index in [2.05, 4.69) is 36.2 Å². The fourth-order valence-corrected chi connectivity index (χ4v) is 2.90. The molecule has 1 aliphatic heterocycles. The maximum absolute atomic E-state index is 12.3. The minimum atomic E-state index is -0.203. The van der Waals surface area contributed by atoms with E-state index in [0.29, 0.717) is 11.8 Å².